The Morgan fingerprint density at radius 1 is 1.16 bits per heavy atom. The molecule has 1 unspecified atom stereocenters. The highest BCUT2D eigenvalue weighted by atomic mass is 32.2. The van der Waals surface area contributed by atoms with Gasteiger partial charge >= 0.3 is 0 Å². The van der Waals surface area contributed by atoms with Gasteiger partial charge in [0.05, 0.1) is 5.75 Å². The van der Waals surface area contributed by atoms with Gasteiger partial charge in [0.25, 0.3) is 0 Å². The zero-order chi connectivity index (χ0) is 17.8. The maximum absolute atomic E-state index is 12.3. The zero-order valence-electron chi connectivity index (χ0n) is 14.4. The molecule has 3 rings (SSSR count). The van der Waals surface area contributed by atoms with E-state index in [4.69, 9.17) is 0 Å². The topological polar surface area (TPSA) is 49.4 Å². The van der Waals surface area contributed by atoms with Crippen LogP contribution in [0.5, 0.6) is 0 Å². The molecule has 5 heteroatoms. The molecule has 0 radical (unpaired) electrons. The van der Waals surface area contributed by atoms with Gasteiger partial charge in [-0.3, -0.25) is 14.5 Å². The largest absolute Gasteiger partial charge is 0.326 e. The normalized spacial score (nSPS) is 17.2. The van der Waals surface area contributed by atoms with Crippen molar-refractivity contribution in [1.82, 2.24) is 0 Å². The number of hydrogen-bond donors (Lipinski definition) is 1. The Balaban J connectivity index is 1.75. The van der Waals surface area contributed by atoms with Gasteiger partial charge < -0.3 is 5.32 Å². The van der Waals surface area contributed by atoms with Crippen LogP contribution >= 0.6 is 11.8 Å². The average Bonchev–Trinajstić information content (AvgIpc) is 2.97. The molecule has 0 bridgehead atoms. The van der Waals surface area contributed by atoms with Gasteiger partial charge in [-0.15, -0.1) is 11.8 Å². The van der Waals surface area contributed by atoms with E-state index in [0.29, 0.717) is 18.1 Å². The first-order valence-electron chi connectivity index (χ1n) is 8.43. The van der Waals surface area contributed by atoms with Crippen molar-refractivity contribution in [1.29, 1.82) is 0 Å². The first-order valence-corrected chi connectivity index (χ1v) is 9.48. The van der Waals surface area contributed by atoms with Crippen LogP contribution in [0, 0.1) is 5.92 Å². The molecule has 1 aliphatic rings. The van der Waals surface area contributed by atoms with Crippen LogP contribution in [0.3, 0.4) is 0 Å². The maximum Gasteiger partial charge on any atom is 0.238 e. The van der Waals surface area contributed by atoms with E-state index in [1.807, 2.05) is 73.3 Å². The van der Waals surface area contributed by atoms with Gasteiger partial charge in [0.15, 0.2) is 0 Å². The summed E-state index contributed by atoms with van der Waals surface area (Å²) in [4.78, 5) is 26.0. The van der Waals surface area contributed by atoms with E-state index < -0.39 is 0 Å². The summed E-state index contributed by atoms with van der Waals surface area (Å²) in [5, 5.41) is 2.88. The second kappa shape index (κ2) is 7.74. The monoisotopic (exact) mass is 354 g/mol. The van der Waals surface area contributed by atoms with E-state index >= 15 is 0 Å². The first-order chi connectivity index (χ1) is 12.0. The summed E-state index contributed by atoms with van der Waals surface area (Å²) in [7, 11) is 0. The molecule has 0 aliphatic carbocycles. The van der Waals surface area contributed by atoms with Crippen molar-refractivity contribution in [2.45, 2.75) is 25.6 Å². The third kappa shape index (κ3) is 4.23. The van der Waals surface area contributed by atoms with Crippen LogP contribution in [0.15, 0.2) is 54.6 Å². The van der Waals surface area contributed by atoms with Crippen LogP contribution in [-0.4, -0.2) is 17.6 Å². The number of thioether (sulfide) groups is 1. The lowest BCUT2D eigenvalue weighted by Crippen LogP contribution is -2.27. The zero-order valence-corrected chi connectivity index (χ0v) is 15.3. The standard InChI is InChI=1S/C20H22N2O2S/c1-14(2)12-18(23)21-16-10-8-15(9-11-16)20-22(19(24)13-25-20)17-6-4-3-5-7-17/h3-11,14,20H,12-13H2,1-2H3,(H,21,23). The van der Waals surface area contributed by atoms with Gasteiger partial charge in [-0.1, -0.05) is 44.2 Å². The van der Waals surface area contributed by atoms with Crippen LogP contribution in [0.2, 0.25) is 0 Å². The van der Waals surface area contributed by atoms with Crippen molar-refractivity contribution in [3.63, 3.8) is 0 Å². The summed E-state index contributed by atoms with van der Waals surface area (Å²) in [5.41, 5.74) is 2.76. The minimum Gasteiger partial charge on any atom is -0.326 e. The Morgan fingerprint density at radius 3 is 2.48 bits per heavy atom. The summed E-state index contributed by atoms with van der Waals surface area (Å²) < 4.78 is 0. The molecule has 1 N–H and O–H groups in total. The van der Waals surface area contributed by atoms with E-state index in [1.54, 1.807) is 11.8 Å². The first kappa shape index (κ1) is 17.5. The van der Waals surface area contributed by atoms with Crippen LogP contribution in [0.4, 0.5) is 11.4 Å². The lowest BCUT2D eigenvalue weighted by molar-refractivity contribution is -0.117. The van der Waals surface area contributed by atoms with E-state index in [0.717, 1.165) is 16.9 Å². The van der Waals surface area contributed by atoms with Gasteiger partial charge in [0.1, 0.15) is 5.37 Å². The second-order valence-electron chi connectivity index (χ2n) is 6.53. The van der Waals surface area contributed by atoms with Crippen molar-refractivity contribution in [2.75, 3.05) is 16.0 Å². The third-order valence-corrected chi connectivity index (χ3v) is 5.19. The molecular weight excluding hydrogens is 332 g/mol. The Labute approximate surface area is 152 Å². The van der Waals surface area contributed by atoms with Crippen LogP contribution in [0.1, 0.15) is 31.2 Å². The SMILES string of the molecule is CC(C)CC(=O)Nc1ccc(C2SCC(=O)N2c2ccccc2)cc1. The number of amides is 2. The molecule has 0 saturated carbocycles. The summed E-state index contributed by atoms with van der Waals surface area (Å²) in [6, 6.07) is 17.5. The quantitative estimate of drug-likeness (QED) is 0.863. The fourth-order valence-corrected chi connectivity index (χ4v) is 4.03. The number of carbonyl (C=O) groups excluding carboxylic acids is 2. The predicted octanol–water partition coefficient (Wildman–Crippen LogP) is 4.45. The van der Waals surface area contributed by atoms with Gasteiger partial charge in [-0.25, -0.2) is 0 Å². The highest BCUT2D eigenvalue weighted by Crippen LogP contribution is 2.41. The highest BCUT2D eigenvalue weighted by Gasteiger charge is 2.33. The Hall–Kier alpha value is -2.27. The number of nitrogens with one attached hydrogen (secondary N) is 1. The average molecular weight is 354 g/mol. The fraction of sp³-hybridized carbons (Fsp3) is 0.300. The number of anilines is 2. The van der Waals surface area contributed by atoms with Crippen molar-refractivity contribution in [3.8, 4) is 0 Å². The van der Waals surface area contributed by atoms with E-state index in [-0.39, 0.29) is 17.2 Å². The summed E-state index contributed by atoms with van der Waals surface area (Å²) in [6.45, 7) is 4.05. The molecular formula is C20H22N2O2S. The molecule has 25 heavy (non-hydrogen) atoms. The Kier molecular flexibility index (Phi) is 5.43. The van der Waals surface area contributed by atoms with Gasteiger partial charge in [0.2, 0.25) is 11.8 Å². The summed E-state index contributed by atoms with van der Waals surface area (Å²) in [6.07, 6.45) is 0.510. The van der Waals surface area contributed by atoms with E-state index in [2.05, 4.69) is 5.32 Å². The molecule has 1 fully saturated rings. The number of nitrogens with zero attached hydrogens (tertiary/aromatic N) is 1. The minimum absolute atomic E-state index is 0.0269. The summed E-state index contributed by atoms with van der Waals surface area (Å²) >= 11 is 1.62. The van der Waals surface area contributed by atoms with Crippen LogP contribution < -0.4 is 10.2 Å². The van der Waals surface area contributed by atoms with Crippen molar-refractivity contribution >= 4 is 35.0 Å². The second-order valence-corrected chi connectivity index (χ2v) is 7.60. The van der Waals surface area contributed by atoms with Gasteiger partial charge in [-0.2, -0.15) is 0 Å². The molecule has 2 aromatic rings. The molecule has 1 atom stereocenters. The maximum atomic E-state index is 12.3. The molecule has 4 nitrogen and oxygen atoms in total. The van der Waals surface area contributed by atoms with Gasteiger partial charge in [0, 0.05) is 17.8 Å². The predicted molar refractivity (Wildman–Crippen MR) is 104 cm³/mol. The molecule has 0 spiro atoms. The molecule has 2 aromatic carbocycles. The molecule has 1 heterocycles. The van der Waals surface area contributed by atoms with Crippen LogP contribution in [-0.2, 0) is 9.59 Å². The lowest BCUT2D eigenvalue weighted by Gasteiger charge is -2.24. The third-order valence-electron chi connectivity index (χ3n) is 3.98. The van der Waals surface area contributed by atoms with Crippen molar-refractivity contribution in [3.05, 3.63) is 60.2 Å². The molecule has 1 aliphatic heterocycles. The Bertz CT molecular complexity index is 744. The highest BCUT2D eigenvalue weighted by molar-refractivity contribution is 8.00. The lowest BCUT2D eigenvalue weighted by atomic mass is 10.1. The summed E-state index contributed by atoms with van der Waals surface area (Å²) in [5.74, 6) is 0.959. The Morgan fingerprint density at radius 2 is 1.84 bits per heavy atom. The molecule has 130 valence electrons. The number of carbonyl (C=O) groups is 2. The van der Waals surface area contributed by atoms with Crippen molar-refractivity contribution < 1.29 is 9.59 Å². The number of benzene rings is 2. The van der Waals surface area contributed by atoms with E-state index in [1.165, 1.54) is 0 Å². The molecule has 2 amide bonds. The van der Waals surface area contributed by atoms with Gasteiger partial charge in [-0.05, 0) is 35.7 Å². The number of hydrogen-bond acceptors (Lipinski definition) is 3. The number of rotatable bonds is 5. The number of para-hydroxylation sites is 1. The van der Waals surface area contributed by atoms with Crippen LogP contribution in [0.25, 0.3) is 0 Å². The smallest absolute Gasteiger partial charge is 0.238 e. The van der Waals surface area contributed by atoms with Crippen molar-refractivity contribution in [2.24, 2.45) is 5.92 Å². The molecule has 0 aromatic heterocycles. The molecule has 1 saturated heterocycles. The fourth-order valence-electron chi connectivity index (χ4n) is 2.85. The van der Waals surface area contributed by atoms with E-state index in [9.17, 15) is 9.59 Å². The minimum atomic E-state index is -0.0321.